The van der Waals surface area contributed by atoms with E-state index in [1.54, 1.807) is 0 Å². The Balaban J connectivity index is 3.38. The van der Waals surface area contributed by atoms with Crippen molar-refractivity contribution in [3.05, 3.63) is 28.2 Å². The van der Waals surface area contributed by atoms with E-state index >= 15 is 0 Å². The molecule has 0 radical (unpaired) electrons. The topological polar surface area (TPSA) is 59.3 Å². The summed E-state index contributed by atoms with van der Waals surface area (Å²) < 4.78 is 1.50. The molecule has 0 aromatic carbocycles. The molecule has 1 rings (SSSR count). The highest BCUT2D eigenvalue weighted by molar-refractivity contribution is 5.72. The Morgan fingerprint density at radius 3 is 2.83 bits per heavy atom. The van der Waals surface area contributed by atoms with Crippen LogP contribution in [0.4, 0.5) is 0 Å². The molecule has 0 unspecified atom stereocenters. The minimum Gasteiger partial charge on any atom is -0.503 e. The molecule has 64 valence electrons. The van der Waals surface area contributed by atoms with Gasteiger partial charge in [-0.2, -0.15) is 0 Å². The van der Waals surface area contributed by atoms with Crippen LogP contribution in [0.15, 0.2) is 17.1 Å². The summed E-state index contributed by atoms with van der Waals surface area (Å²) in [6.45, 7) is 2.36. The zero-order valence-electron chi connectivity index (χ0n) is 6.65. The van der Waals surface area contributed by atoms with Gasteiger partial charge < -0.3 is 9.67 Å². The second-order valence-corrected chi connectivity index (χ2v) is 2.35. The van der Waals surface area contributed by atoms with Gasteiger partial charge in [0.2, 0.25) is 5.43 Å². The van der Waals surface area contributed by atoms with Crippen LogP contribution >= 0.6 is 0 Å². The van der Waals surface area contributed by atoms with Crippen LogP contribution in [0.25, 0.3) is 0 Å². The van der Waals surface area contributed by atoms with E-state index in [2.05, 4.69) is 0 Å². The maximum atomic E-state index is 10.8. The van der Waals surface area contributed by atoms with E-state index in [9.17, 15) is 9.59 Å². The smallest absolute Gasteiger partial charge is 0.223 e. The molecular weight excluding hydrogens is 158 g/mol. The van der Waals surface area contributed by atoms with Crippen molar-refractivity contribution < 1.29 is 9.90 Å². The van der Waals surface area contributed by atoms with Crippen LogP contribution in [0.3, 0.4) is 0 Å². The Bertz CT molecular complexity index is 354. The van der Waals surface area contributed by atoms with Crippen molar-refractivity contribution in [2.75, 3.05) is 0 Å². The molecule has 1 aromatic rings. The van der Waals surface area contributed by atoms with Crippen LogP contribution in [-0.4, -0.2) is 16.0 Å². The molecule has 0 aliphatic rings. The van der Waals surface area contributed by atoms with Crippen LogP contribution in [-0.2, 0) is 6.54 Å². The molecular formula is C8H9NO3. The molecule has 1 N–H and O–H groups in total. The normalized spacial score (nSPS) is 9.75. The van der Waals surface area contributed by atoms with Crippen LogP contribution in [0.2, 0.25) is 0 Å². The number of aromatic nitrogens is 1. The first-order valence-corrected chi connectivity index (χ1v) is 3.57. The number of pyridine rings is 1. The number of rotatable bonds is 2. The Hall–Kier alpha value is -1.58. The minimum atomic E-state index is -0.526. The molecule has 0 atom stereocenters. The minimum absolute atomic E-state index is 0.278. The average Bonchev–Trinajstić information content (AvgIpc) is 2.09. The average molecular weight is 167 g/mol. The molecule has 1 aromatic heterocycles. The van der Waals surface area contributed by atoms with Gasteiger partial charge in [-0.05, 0) is 6.92 Å². The summed E-state index contributed by atoms with van der Waals surface area (Å²) in [5.41, 5.74) is -0.248. The molecule has 0 amide bonds. The fraction of sp³-hybridized carbons (Fsp3) is 0.250. The molecule has 4 heteroatoms. The monoisotopic (exact) mass is 167 g/mol. The third-order valence-corrected chi connectivity index (χ3v) is 1.60. The van der Waals surface area contributed by atoms with Crippen molar-refractivity contribution in [3.63, 3.8) is 0 Å². The van der Waals surface area contributed by atoms with Gasteiger partial charge >= 0.3 is 0 Å². The molecule has 12 heavy (non-hydrogen) atoms. The SMILES string of the molecule is CCn1cc(O)c(=O)cc1C=O. The molecule has 0 aliphatic heterocycles. The quantitative estimate of drug-likeness (QED) is 0.648. The van der Waals surface area contributed by atoms with Gasteiger partial charge in [0.1, 0.15) is 0 Å². The lowest BCUT2D eigenvalue weighted by Crippen LogP contribution is -2.10. The van der Waals surface area contributed by atoms with Gasteiger partial charge in [-0.3, -0.25) is 9.59 Å². The summed E-state index contributed by atoms with van der Waals surface area (Å²) in [4.78, 5) is 21.3. The summed E-state index contributed by atoms with van der Waals surface area (Å²) in [5.74, 6) is -0.331. The maximum Gasteiger partial charge on any atom is 0.223 e. The summed E-state index contributed by atoms with van der Waals surface area (Å²) in [5, 5.41) is 9.00. The number of carbonyl (C=O) groups is 1. The van der Waals surface area contributed by atoms with Gasteiger partial charge in [0.05, 0.1) is 11.9 Å². The van der Waals surface area contributed by atoms with Gasteiger partial charge in [-0.25, -0.2) is 0 Å². The maximum absolute atomic E-state index is 10.8. The third kappa shape index (κ3) is 1.37. The van der Waals surface area contributed by atoms with Gasteiger partial charge in [0, 0.05) is 12.6 Å². The van der Waals surface area contributed by atoms with Gasteiger partial charge in [0.25, 0.3) is 0 Å². The number of nitrogens with zero attached hydrogens (tertiary/aromatic N) is 1. The van der Waals surface area contributed by atoms with E-state index in [0.29, 0.717) is 12.8 Å². The highest BCUT2D eigenvalue weighted by Crippen LogP contribution is 2.02. The number of aryl methyl sites for hydroxylation is 1. The van der Waals surface area contributed by atoms with Gasteiger partial charge in [0.15, 0.2) is 12.0 Å². The molecule has 0 saturated heterocycles. The van der Waals surface area contributed by atoms with Crippen molar-refractivity contribution in [3.8, 4) is 5.75 Å². The number of hydrogen-bond acceptors (Lipinski definition) is 3. The number of aromatic hydroxyl groups is 1. The standard InChI is InChI=1S/C8H9NO3/c1-2-9-4-8(12)7(11)3-6(9)5-10/h3-5,12H,2H2,1H3. The highest BCUT2D eigenvalue weighted by Gasteiger charge is 2.02. The Morgan fingerprint density at radius 1 is 1.67 bits per heavy atom. The zero-order valence-corrected chi connectivity index (χ0v) is 6.65. The summed E-state index contributed by atoms with van der Waals surface area (Å²) in [6.07, 6.45) is 1.84. The van der Waals surface area contributed by atoms with Crippen LogP contribution in [0, 0.1) is 0 Å². The lowest BCUT2D eigenvalue weighted by atomic mass is 10.3. The molecule has 0 saturated carbocycles. The van der Waals surface area contributed by atoms with Crippen molar-refractivity contribution in [1.82, 2.24) is 4.57 Å². The van der Waals surface area contributed by atoms with Crippen LogP contribution in [0.1, 0.15) is 17.4 Å². The first kappa shape index (κ1) is 8.52. The van der Waals surface area contributed by atoms with E-state index in [1.807, 2.05) is 6.92 Å². The van der Waals surface area contributed by atoms with E-state index in [1.165, 1.54) is 10.8 Å². The molecule has 0 bridgehead atoms. The molecule has 0 fully saturated rings. The molecule has 4 nitrogen and oxygen atoms in total. The molecule has 0 spiro atoms. The van der Waals surface area contributed by atoms with E-state index in [-0.39, 0.29) is 11.4 Å². The third-order valence-electron chi connectivity index (χ3n) is 1.60. The Labute approximate surface area is 69.1 Å². The lowest BCUT2D eigenvalue weighted by molar-refractivity contribution is 0.111. The van der Waals surface area contributed by atoms with Crippen LogP contribution < -0.4 is 5.43 Å². The number of hydrogen-bond donors (Lipinski definition) is 1. The number of carbonyl (C=O) groups excluding carboxylic acids is 1. The summed E-state index contributed by atoms with van der Waals surface area (Å²) >= 11 is 0. The van der Waals surface area contributed by atoms with Crippen molar-refractivity contribution in [2.45, 2.75) is 13.5 Å². The van der Waals surface area contributed by atoms with E-state index < -0.39 is 5.43 Å². The number of aldehydes is 1. The predicted molar refractivity (Wildman–Crippen MR) is 43.4 cm³/mol. The lowest BCUT2D eigenvalue weighted by Gasteiger charge is -2.05. The van der Waals surface area contributed by atoms with Crippen molar-refractivity contribution in [2.24, 2.45) is 0 Å². The Kier molecular flexibility index (Phi) is 2.28. The van der Waals surface area contributed by atoms with E-state index in [4.69, 9.17) is 5.11 Å². The van der Waals surface area contributed by atoms with Gasteiger partial charge in [-0.1, -0.05) is 0 Å². The van der Waals surface area contributed by atoms with Gasteiger partial charge in [-0.15, -0.1) is 0 Å². The Morgan fingerprint density at radius 2 is 2.33 bits per heavy atom. The van der Waals surface area contributed by atoms with Crippen molar-refractivity contribution in [1.29, 1.82) is 0 Å². The van der Waals surface area contributed by atoms with Crippen molar-refractivity contribution >= 4 is 6.29 Å². The summed E-state index contributed by atoms with van der Waals surface area (Å²) in [7, 11) is 0. The predicted octanol–water partition coefficient (Wildman–Crippen LogP) is 0.386. The first-order valence-electron chi connectivity index (χ1n) is 3.57. The fourth-order valence-electron chi connectivity index (χ4n) is 0.953. The highest BCUT2D eigenvalue weighted by atomic mass is 16.3. The summed E-state index contributed by atoms with van der Waals surface area (Å²) in [6, 6.07) is 1.12. The first-order chi connectivity index (χ1) is 5.69. The molecule has 0 aliphatic carbocycles. The largest absolute Gasteiger partial charge is 0.503 e. The second-order valence-electron chi connectivity index (χ2n) is 2.35. The van der Waals surface area contributed by atoms with Crippen LogP contribution in [0.5, 0.6) is 5.75 Å². The molecule has 1 heterocycles. The van der Waals surface area contributed by atoms with E-state index in [0.717, 1.165) is 6.07 Å². The second kappa shape index (κ2) is 3.21. The fourth-order valence-corrected chi connectivity index (χ4v) is 0.953. The zero-order chi connectivity index (χ0) is 9.14.